The third-order valence-corrected chi connectivity index (χ3v) is 4.95. The van der Waals surface area contributed by atoms with E-state index in [4.69, 9.17) is 25.8 Å². The summed E-state index contributed by atoms with van der Waals surface area (Å²) in [6.45, 7) is -0.262. The maximum Gasteiger partial charge on any atom is 0.311 e. The highest BCUT2D eigenvalue weighted by molar-refractivity contribution is 6.32. The lowest BCUT2D eigenvalue weighted by Gasteiger charge is -2.19. The molecule has 2 aromatic rings. The monoisotopic (exact) mass is 417 g/mol. The number of benzene rings is 2. The predicted molar refractivity (Wildman–Crippen MR) is 107 cm³/mol. The van der Waals surface area contributed by atoms with Crippen LogP contribution in [0, 0.1) is 5.92 Å². The lowest BCUT2D eigenvalue weighted by molar-refractivity contribution is -0.147. The summed E-state index contributed by atoms with van der Waals surface area (Å²) in [7, 11) is 2.99. The molecule has 8 heteroatoms. The maximum atomic E-state index is 12.4. The molecule has 1 fully saturated rings. The zero-order valence-corrected chi connectivity index (χ0v) is 16.8. The average molecular weight is 418 g/mol. The van der Waals surface area contributed by atoms with Gasteiger partial charge in [-0.2, -0.15) is 0 Å². The van der Waals surface area contributed by atoms with E-state index in [0.29, 0.717) is 27.8 Å². The van der Waals surface area contributed by atoms with E-state index in [1.165, 1.54) is 25.2 Å². The van der Waals surface area contributed by atoms with Gasteiger partial charge in [-0.25, -0.2) is 0 Å². The van der Waals surface area contributed by atoms with Crippen LogP contribution in [0.5, 0.6) is 11.5 Å². The van der Waals surface area contributed by atoms with Crippen molar-refractivity contribution in [2.45, 2.75) is 6.42 Å². The van der Waals surface area contributed by atoms with E-state index >= 15 is 0 Å². The third kappa shape index (κ3) is 4.51. The molecular weight excluding hydrogens is 398 g/mol. The summed E-state index contributed by atoms with van der Waals surface area (Å²) in [6, 6.07) is 11.6. The van der Waals surface area contributed by atoms with Crippen LogP contribution in [0.3, 0.4) is 0 Å². The van der Waals surface area contributed by atoms with Crippen molar-refractivity contribution in [3.05, 3.63) is 53.1 Å². The molecule has 29 heavy (non-hydrogen) atoms. The molecule has 0 bridgehead atoms. The van der Waals surface area contributed by atoms with Gasteiger partial charge < -0.3 is 19.1 Å². The first kappa shape index (κ1) is 20.7. The number of halogens is 1. The quantitative estimate of drug-likeness (QED) is 0.508. The lowest BCUT2D eigenvalue weighted by Crippen LogP contribution is -2.27. The average Bonchev–Trinajstić information content (AvgIpc) is 3.13. The summed E-state index contributed by atoms with van der Waals surface area (Å²) < 4.78 is 15.5. The number of rotatable bonds is 7. The van der Waals surface area contributed by atoms with Crippen LogP contribution < -0.4 is 14.4 Å². The summed E-state index contributed by atoms with van der Waals surface area (Å²) in [5.74, 6) is -0.857. The Morgan fingerprint density at radius 1 is 1.10 bits per heavy atom. The van der Waals surface area contributed by atoms with Crippen LogP contribution in [0.4, 0.5) is 5.69 Å². The van der Waals surface area contributed by atoms with Crippen molar-refractivity contribution in [3.8, 4) is 11.5 Å². The van der Waals surface area contributed by atoms with Crippen LogP contribution in [-0.2, 0) is 14.3 Å². The van der Waals surface area contributed by atoms with Crippen molar-refractivity contribution >= 4 is 34.9 Å². The Hall–Kier alpha value is -3.06. The molecule has 3 rings (SSSR count). The predicted octanol–water partition coefficient (Wildman–Crippen LogP) is 3.14. The minimum atomic E-state index is -0.653. The van der Waals surface area contributed by atoms with Gasteiger partial charge in [0, 0.05) is 18.5 Å². The molecule has 0 radical (unpaired) electrons. The summed E-state index contributed by atoms with van der Waals surface area (Å²) in [5.41, 5.74) is 0.904. The molecule has 0 unspecified atom stereocenters. The van der Waals surface area contributed by atoms with Gasteiger partial charge in [-0.15, -0.1) is 0 Å². The molecule has 0 aromatic heterocycles. The Balaban J connectivity index is 1.61. The smallest absolute Gasteiger partial charge is 0.311 e. The van der Waals surface area contributed by atoms with Gasteiger partial charge in [0.25, 0.3) is 0 Å². The third-order valence-electron chi connectivity index (χ3n) is 4.65. The number of hydrogen-bond donors (Lipinski definition) is 0. The van der Waals surface area contributed by atoms with E-state index in [2.05, 4.69) is 0 Å². The van der Waals surface area contributed by atoms with Crippen molar-refractivity contribution in [3.63, 3.8) is 0 Å². The second kappa shape index (κ2) is 8.96. The minimum Gasteiger partial charge on any atom is -0.495 e. The molecule has 0 saturated carbocycles. The molecule has 2 aromatic carbocycles. The van der Waals surface area contributed by atoms with Crippen molar-refractivity contribution < 1.29 is 28.6 Å². The number of para-hydroxylation sites is 2. The first-order chi connectivity index (χ1) is 13.9. The van der Waals surface area contributed by atoms with E-state index in [1.807, 2.05) is 0 Å². The number of methoxy groups -OCH3 is 2. The number of amides is 1. The number of ketones is 1. The van der Waals surface area contributed by atoms with Crippen LogP contribution in [0.15, 0.2) is 42.5 Å². The minimum absolute atomic E-state index is 0.0133. The fourth-order valence-electron chi connectivity index (χ4n) is 3.13. The van der Waals surface area contributed by atoms with E-state index in [-0.39, 0.29) is 18.9 Å². The summed E-state index contributed by atoms with van der Waals surface area (Å²) >= 11 is 6.02. The van der Waals surface area contributed by atoms with E-state index < -0.39 is 24.3 Å². The molecule has 1 aliphatic heterocycles. The number of carbonyl (C=O) groups excluding carboxylic acids is 3. The maximum absolute atomic E-state index is 12.4. The number of nitrogens with zero attached hydrogens (tertiary/aromatic N) is 1. The number of ether oxygens (including phenoxy) is 3. The Bertz CT molecular complexity index is 945. The fourth-order valence-corrected chi connectivity index (χ4v) is 3.39. The SMILES string of the molecule is COc1ccc(C(=O)COC(=O)[C@H]2CC(=O)N(c3ccccc3OC)C2)cc1Cl. The first-order valence-electron chi connectivity index (χ1n) is 8.91. The topological polar surface area (TPSA) is 82.1 Å². The Kier molecular flexibility index (Phi) is 6.39. The van der Waals surface area contributed by atoms with Crippen LogP contribution in [0.25, 0.3) is 0 Å². The molecule has 1 amide bonds. The van der Waals surface area contributed by atoms with Gasteiger partial charge in [-0.05, 0) is 30.3 Å². The van der Waals surface area contributed by atoms with Gasteiger partial charge in [-0.1, -0.05) is 23.7 Å². The summed E-state index contributed by atoms with van der Waals surface area (Å²) in [6.07, 6.45) is 0.0133. The zero-order valence-electron chi connectivity index (χ0n) is 16.0. The van der Waals surface area contributed by atoms with Gasteiger partial charge in [0.15, 0.2) is 12.4 Å². The molecular formula is C21H20ClNO6. The molecule has 0 spiro atoms. The van der Waals surface area contributed by atoms with E-state index in [0.717, 1.165) is 0 Å². The highest BCUT2D eigenvalue weighted by Crippen LogP contribution is 2.33. The van der Waals surface area contributed by atoms with Gasteiger partial charge in [0.05, 0.1) is 30.8 Å². The summed E-state index contributed by atoms with van der Waals surface area (Å²) in [5, 5.41) is 0.290. The number of esters is 1. The fraction of sp³-hybridized carbons (Fsp3) is 0.286. The number of hydrogen-bond acceptors (Lipinski definition) is 6. The van der Waals surface area contributed by atoms with E-state index in [9.17, 15) is 14.4 Å². The van der Waals surface area contributed by atoms with Crippen molar-refractivity contribution in [2.75, 3.05) is 32.3 Å². The van der Waals surface area contributed by atoms with Gasteiger partial charge in [-0.3, -0.25) is 14.4 Å². The zero-order chi connectivity index (χ0) is 21.0. The highest BCUT2D eigenvalue weighted by atomic mass is 35.5. The van der Waals surface area contributed by atoms with Crippen molar-refractivity contribution in [1.82, 2.24) is 0 Å². The van der Waals surface area contributed by atoms with Gasteiger partial charge >= 0.3 is 5.97 Å². The normalized spacial score (nSPS) is 15.9. The molecule has 7 nitrogen and oxygen atoms in total. The van der Waals surface area contributed by atoms with Crippen LogP contribution in [0.2, 0.25) is 5.02 Å². The summed E-state index contributed by atoms with van der Waals surface area (Å²) in [4.78, 5) is 38.6. The number of Topliss-reactive ketones (excluding diaryl/α,β-unsaturated/α-hetero) is 1. The second-order valence-electron chi connectivity index (χ2n) is 6.46. The van der Waals surface area contributed by atoms with Gasteiger partial charge in [0.1, 0.15) is 11.5 Å². The largest absolute Gasteiger partial charge is 0.495 e. The van der Waals surface area contributed by atoms with Crippen molar-refractivity contribution in [1.29, 1.82) is 0 Å². The Morgan fingerprint density at radius 2 is 1.83 bits per heavy atom. The Labute approximate surface area is 173 Å². The van der Waals surface area contributed by atoms with Gasteiger partial charge in [0.2, 0.25) is 5.91 Å². The molecule has 1 saturated heterocycles. The van der Waals surface area contributed by atoms with Crippen LogP contribution in [-0.4, -0.2) is 45.0 Å². The highest BCUT2D eigenvalue weighted by Gasteiger charge is 2.37. The number of anilines is 1. The molecule has 1 heterocycles. The Morgan fingerprint density at radius 3 is 2.52 bits per heavy atom. The standard InChI is InChI=1S/C21H20ClNO6/c1-27-18-8-7-13(9-15(18)22)17(24)12-29-21(26)14-10-20(25)23(11-14)16-5-3-4-6-19(16)28-2/h3-9,14H,10-12H2,1-2H3/t14-/m0/s1. The molecule has 152 valence electrons. The van der Waals surface area contributed by atoms with Crippen molar-refractivity contribution in [2.24, 2.45) is 5.92 Å². The van der Waals surface area contributed by atoms with Crippen LogP contribution >= 0.6 is 11.6 Å². The first-order valence-corrected chi connectivity index (χ1v) is 9.29. The molecule has 0 aliphatic carbocycles. The molecule has 1 atom stereocenters. The molecule has 0 N–H and O–H groups in total. The number of carbonyl (C=O) groups is 3. The lowest BCUT2D eigenvalue weighted by atomic mass is 10.1. The second-order valence-corrected chi connectivity index (χ2v) is 6.86. The van der Waals surface area contributed by atoms with E-state index in [1.54, 1.807) is 36.4 Å². The molecule has 1 aliphatic rings. The van der Waals surface area contributed by atoms with Crippen LogP contribution in [0.1, 0.15) is 16.8 Å².